The molecule has 0 aliphatic carbocycles. The Morgan fingerprint density at radius 1 is 1.27 bits per heavy atom. The summed E-state index contributed by atoms with van der Waals surface area (Å²) in [5.41, 5.74) is 9.30. The molecule has 0 aliphatic rings. The number of aryl methyl sites for hydroxylation is 1. The zero-order valence-corrected chi connectivity index (χ0v) is 15.7. The largest absolute Gasteiger partial charge is 0.480 e. The summed E-state index contributed by atoms with van der Waals surface area (Å²) in [6.07, 6.45) is 1.40. The fraction of sp³-hybridized carbons (Fsp3) is 0.333. The molecule has 3 rings (SSSR count). The quantitative estimate of drug-likeness (QED) is 0.641. The van der Waals surface area contributed by atoms with Crippen LogP contribution in [0.1, 0.15) is 25.0 Å². The van der Waals surface area contributed by atoms with Crippen molar-refractivity contribution >= 4 is 34.7 Å². The summed E-state index contributed by atoms with van der Waals surface area (Å²) in [5.74, 6) is -0.623. The first-order valence-corrected chi connectivity index (χ1v) is 9.16. The average molecular weight is 371 g/mol. The van der Waals surface area contributed by atoms with Crippen molar-refractivity contribution in [3.8, 4) is 0 Å². The van der Waals surface area contributed by atoms with E-state index in [4.69, 9.17) is 5.73 Å². The van der Waals surface area contributed by atoms with E-state index in [9.17, 15) is 9.90 Å². The SMILES string of the molecule is Cc1ccc(Cn2c(SC(C(=O)O)C(C)C)nc3c(N)ncnc32)cc1. The number of aromatic nitrogens is 4. The van der Waals surface area contributed by atoms with Crippen molar-refractivity contribution in [2.24, 2.45) is 5.92 Å². The lowest BCUT2D eigenvalue weighted by molar-refractivity contribution is -0.137. The van der Waals surface area contributed by atoms with Gasteiger partial charge in [0.25, 0.3) is 0 Å². The van der Waals surface area contributed by atoms with Gasteiger partial charge in [0.05, 0.1) is 6.54 Å². The van der Waals surface area contributed by atoms with Gasteiger partial charge in [-0.3, -0.25) is 9.36 Å². The van der Waals surface area contributed by atoms with E-state index < -0.39 is 11.2 Å². The molecule has 0 fully saturated rings. The van der Waals surface area contributed by atoms with Crippen molar-refractivity contribution in [3.05, 3.63) is 41.7 Å². The molecule has 0 radical (unpaired) electrons. The number of carboxylic acid groups (broad SMARTS) is 1. The van der Waals surface area contributed by atoms with Crippen LogP contribution in [0, 0.1) is 12.8 Å². The number of fused-ring (bicyclic) bond motifs is 1. The van der Waals surface area contributed by atoms with Crippen molar-refractivity contribution in [1.29, 1.82) is 0 Å². The number of benzene rings is 1. The molecule has 8 heteroatoms. The maximum Gasteiger partial charge on any atom is 0.317 e. The fourth-order valence-electron chi connectivity index (χ4n) is 2.63. The third kappa shape index (κ3) is 3.65. The first kappa shape index (κ1) is 18.2. The fourth-order valence-corrected chi connectivity index (χ4v) is 3.65. The minimum atomic E-state index is -0.863. The number of nitrogens with zero attached hydrogens (tertiary/aromatic N) is 4. The molecule has 136 valence electrons. The topological polar surface area (TPSA) is 107 Å². The number of hydrogen-bond donors (Lipinski definition) is 2. The molecule has 2 heterocycles. The number of nitrogens with two attached hydrogens (primary N) is 1. The van der Waals surface area contributed by atoms with Crippen LogP contribution < -0.4 is 5.73 Å². The number of hydrogen-bond acceptors (Lipinski definition) is 6. The van der Waals surface area contributed by atoms with Gasteiger partial charge in [-0.05, 0) is 18.4 Å². The number of rotatable bonds is 6. The van der Waals surface area contributed by atoms with Gasteiger partial charge < -0.3 is 10.8 Å². The zero-order valence-electron chi connectivity index (χ0n) is 14.9. The zero-order chi connectivity index (χ0) is 18.8. The lowest BCUT2D eigenvalue weighted by Gasteiger charge is -2.16. The highest BCUT2D eigenvalue weighted by Gasteiger charge is 2.26. The highest BCUT2D eigenvalue weighted by Crippen LogP contribution is 2.31. The lowest BCUT2D eigenvalue weighted by Crippen LogP contribution is -2.23. The lowest BCUT2D eigenvalue weighted by atomic mass is 10.1. The smallest absolute Gasteiger partial charge is 0.317 e. The Morgan fingerprint density at radius 3 is 2.58 bits per heavy atom. The number of carbonyl (C=O) groups is 1. The molecule has 0 amide bonds. The minimum absolute atomic E-state index is 0.0476. The van der Waals surface area contributed by atoms with Gasteiger partial charge in [0.2, 0.25) is 0 Å². The molecule has 3 aromatic rings. The summed E-state index contributed by atoms with van der Waals surface area (Å²) in [6, 6.07) is 8.16. The van der Waals surface area contributed by atoms with Crippen LogP contribution in [0.15, 0.2) is 35.7 Å². The predicted molar refractivity (Wildman–Crippen MR) is 102 cm³/mol. The van der Waals surface area contributed by atoms with E-state index in [-0.39, 0.29) is 11.7 Å². The molecule has 0 spiro atoms. The highest BCUT2D eigenvalue weighted by molar-refractivity contribution is 8.00. The van der Waals surface area contributed by atoms with E-state index in [1.54, 1.807) is 0 Å². The maximum atomic E-state index is 11.6. The van der Waals surface area contributed by atoms with Crippen molar-refractivity contribution < 1.29 is 9.90 Å². The Hall–Kier alpha value is -2.61. The molecular weight excluding hydrogens is 350 g/mol. The van der Waals surface area contributed by atoms with E-state index in [1.165, 1.54) is 23.7 Å². The summed E-state index contributed by atoms with van der Waals surface area (Å²) in [4.78, 5) is 24.5. The Bertz CT molecular complexity index is 937. The van der Waals surface area contributed by atoms with Crippen LogP contribution in [-0.2, 0) is 11.3 Å². The van der Waals surface area contributed by atoms with E-state index in [1.807, 2.05) is 49.6 Å². The van der Waals surface area contributed by atoms with Crippen molar-refractivity contribution in [2.45, 2.75) is 37.7 Å². The monoisotopic (exact) mass is 371 g/mol. The summed E-state index contributed by atoms with van der Waals surface area (Å²) in [5, 5.41) is 9.50. The van der Waals surface area contributed by atoms with Crippen LogP contribution in [-0.4, -0.2) is 35.8 Å². The van der Waals surface area contributed by atoms with Gasteiger partial charge in [0, 0.05) is 0 Å². The molecule has 0 bridgehead atoms. The molecule has 2 aromatic heterocycles. The number of imidazole rings is 1. The molecule has 26 heavy (non-hydrogen) atoms. The second-order valence-electron chi connectivity index (χ2n) is 6.52. The highest BCUT2D eigenvalue weighted by atomic mass is 32.2. The van der Waals surface area contributed by atoms with Crippen molar-refractivity contribution in [1.82, 2.24) is 19.5 Å². The molecule has 0 aliphatic heterocycles. The van der Waals surface area contributed by atoms with Crippen LogP contribution in [0.4, 0.5) is 5.82 Å². The van der Waals surface area contributed by atoms with Gasteiger partial charge in [0.15, 0.2) is 22.1 Å². The molecule has 3 N–H and O–H groups in total. The van der Waals surface area contributed by atoms with Crippen molar-refractivity contribution in [3.63, 3.8) is 0 Å². The number of carboxylic acids is 1. The van der Waals surface area contributed by atoms with Crippen LogP contribution in [0.25, 0.3) is 11.2 Å². The molecule has 1 unspecified atom stereocenters. The van der Waals surface area contributed by atoms with Crippen LogP contribution in [0.5, 0.6) is 0 Å². The van der Waals surface area contributed by atoms with Gasteiger partial charge in [0.1, 0.15) is 11.6 Å². The summed E-state index contributed by atoms with van der Waals surface area (Å²) >= 11 is 1.22. The standard InChI is InChI=1S/C18H21N5O2S/c1-10(2)14(17(24)25)26-18-22-13-15(19)20-9-21-16(13)23(18)8-12-6-4-11(3)5-7-12/h4-7,9-10,14H,8H2,1-3H3,(H,24,25)(H2,19,20,21). The second kappa shape index (κ2) is 7.33. The van der Waals surface area contributed by atoms with E-state index in [2.05, 4.69) is 15.0 Å². The second-order valence-corrected chi connectivity index (χ2v) is 7.63. The van der Waals surface area contributed by atoms with Crippen LogP contribution >= 0.6 is 11.8 Å². The van der Waals surface area contributed by atoms with Gasteiger partial charge in [-0.2, -0.15) is 0 Å². The Morgan fingerprint density at radius 2 is 1.96 bits per heavy atom. The Balaban J connectivity index is 2.07. The Labute approximate surface area is 155 Å². The van der Waals surface area contributed by atoms with Gasteiger partial charge in [-0.25, -0.2) is 15.0 Å². The maximum absolute atomic E-state index is 11.6. The molecule has 0 saturated carbocycles. The van der Waals surface area contributed by atoms with Crippen LogP contribution in [0.3, 0.4) is 0 Å². The minimum Gasteiger partial charge on any atom is -0.480 e. The number of anilines is 1. The molecule has 1 aromatic carbocycles. The average Bonchev–Trinajstić information content (AvgIpc) is 2.93. The summed E-state index contributed by atoms with van der Waals surface area (Å²) in [6.45, 7) is 6.32. The summed E-state index contributed by atoms with van der Waals surface area (Å²) < 4.78 is 1.90. The third-order valence-corrected chi connectivity index (χ3v) is 5.59. The van der Waals surface area contributed by atoms with Gasteiger partial charge in [-0.15, -0.1) is 0 Å². The first-order valence-electron chi connectivity index (χ1n) is 8.28. The normalized spacial score (nSPS) is 12.6. The van der Waals surface area contributed by atoms with E-state index in [0.717, 1.165) is 5.56 Å². The number of nitrogen functional groups attached to an aromatic ring is 1. The summed E-state index contributed by atoms with van der Waals surface area (Å²) in [7, 11) is 0. The molecule has 7 nitrogen and oxygen atoms in total. The van der Waals surface area contributed by atoms with Crippen molar-refractivity contribution in [2.75, 3.05) is 5.73 Å². The Kier molecular flexibility index (Phi) is 5.13. The van der Waals surface area contributed by atoms with E-state index in [0.29, 0.717) is 22.9 Å². The molecular formula is C18H21N5O2S. The predicted octanol–water partition coefficient (Wildman–Crippen LogP) is 2.97. The molecule has 0 saturated heterocycles. The first-order chi connectivity index (χ1) is 12.4. The van der Waals surface area contributed by atoms with Gasteiger partial charge in [-0.1, -0.05) is 55.4 Å². The third-order valence-electron chi connectivity index (χ3n) is 4.07. The van der Waals surface area contributed by atoms with E-state index >= 15 is 0 Å². The number of thioether (sulfide) groups is 1. The number of aliphatic carboxylic acids is 1. The molecule has 1 atom stereocenters. The van der Waals surface area contributed by atoms with Gasteiger partial charge >= 0.3 is 5.97 Å². The van der Waals surface area contributed by atoms with Crippen LogP contribution in [0.2, 0.25) is 0 Å².